The summed E-state index contributed by atoms with van der Waals surface area (Å²) in [5.74, 6) is 0.804. The first-order valence-electron chi connectivity index (χ1n) is 9.12. The molecule has 0 aliphatic heterocycles. The molecule has 3 aromatic heterocycles. The Labute approximate surface area is 171 Å². The zero-order valence-electron chi connectivity index (χ0n) is 15.8. The number of benzene rings is 1. The van der Waals surface area contributed by atoms with Crippen molar-refractivity contribution >= 4 is 32.6 Å². The molecule has 1 amide bonds. The summed E-state index contributed by atoms with van der Waals surface area (Å²) < 4.78 is 11.5. The van der Waals surface area contributed by atoms with E-state index in [1.54, 1.807) is 30.5 Å². The van der Waals surface area contributed by atoms with Gasteiger partial charge in [0.25, 0.3) is 0 Å². The van der Waals surface area contributed by atoms with Gasteiger partial charge in [-0.3, -0.25) is 14.7 Å². The molecule has 1 aromatic carbocycles. The van der Waals surface area contributed by atoms with Gasteiger partial charge >= 0.3 is 0 Å². The predicted molar refractivity (Wildman–Crippen MR) is 110 cm³/mol. The van der Waals surface area contributed by atoms with Crippen molar-refractivity contribution < 1.29 is 14.1 Å². The van der Waals surface area contributed by atoms with E-state index in [0.29, 0.717) is 36.4 Å². The van der Waals surface area contributed by atoms with Crippen molar-refractivity contribution in [3.8, 4) is 11.4 Å². The Kier molecular flexibility index (Phi) is 5.87. The summed E-state index contributed by atoms with van der Waals surface area (Å²) in [6, 6.07) is 11.5. The minimum atomic E-state index is -0.0674. The van der Waals surface area contributed by atoms with Gasteiger partial charge in [0.1, 0.15) is 0 Å². The molecule has 8 nitrogen and oxygen atoms in total. The molecule has 0 aliphatic rings. The van der Waals surface area contributed by atoms with Crippen molar-refractivity contribution in [2.45, 2.75) is 12.8 Å². The van der Waals surface area contributed by atoms with Crippen LogP contribution in [0.5, 0.6) is 0 Å². The molecule has 3 heterocycles. The monoisotopic (exact) mass is 409 g/mol. The second-order valence-electron chi connectivity index (χ2n) is 6.26. The highest BCUT2D eigenvalue weighted by Crippen LogP contribution is 2.29. The lowest BCUT2D eigenvalue weighted by molar-refractivity contribution is -0.118. The van der Waals surface area contributed by atoms with Crippen LogP contribution in [-0.2, 0) is 16.0 Å². The molecule has 9 heteroatoms. The van der Waals surface area contributed by atoms with Gasteiger partial charge in [0.2, 0.25) is 17.6 Å². The van der Waals surface area contributed by atoms with Gasteiger partial charge in [-0.15, -0.1) is 0 Å². The average Bonchev–Trinajstić information content (AvgIpc) is 3.40. The second-order valence-corrected chi connectivity index (χ2v) is 7.26. The number of ether oxygens (including phenoxy) is 1. The van der Waals surface area contributed by atoms with E-state index in [2.05, 4.69) is 20.1 Å². The van der Waals surface area contributed by atoms with Crippen LogP contribution < -0.4 is 4.90 Å². The van der Waals surface area contributed by atoms with Gasteiger partial charge in [-0.05, 0) is 24.3 Å². The van der Waals surface area contributed by atoms with Crippen molar-refractivity contribution in [2.24, 2.45) is 0 Å². The number of carbonyl (C=O) groups excluding carboxylic acids is 1. The number of carbonyl (C=O) groups is 1. The maximum atomic E-state index is 12.9. The number of amides is 1. The van der Waals surface area contributed by atoms with Crippen molar-refractivity contribution in [3.05, 3.63) is 54.7 Å². The average molecular weight is 409 g/mol. The number of para-hydroxylation sites is 1. The number of nitrogens with zero attached hydrogens (tertiary/aromatic N) is 5. The van der Waals surface area contributed by atoms with Crippen molar-refractivity contribution in [2.75, 3.05) is 25.2 Å². The van der Waals surface area contributed by atoms with Crippen LogP contribution in [0.2, 0.25) is 0 Å². The number of hydrogen-bond donors (Lipinski definition) is 0. The molecule has 29 heavy (non-hydrogen) atoms. The van der Waals surface area contributed by atoms with Crippen LogP contribution in [0.4, 0.5) is 5.13 Å². The third-order valence-corrected chi connectivity index (χ3v) is 5.33. The first-order valence-corrected chi connectivity index (χ1v) is 9.94. The van der Waals surface area contributed by atoms with Crippen molar-refractivity contribution in [1.82, 2.24) is 20.1 Å². The Morgan fingerprint density at radius 1 is 1.21 bits per heavy atom. The number of rotatable bonds is 8. The van der Waals surface area contributed by atoms with E-state index in [4.69, 9.17) is 9.26 Å². The number of hydrogen-bond acceptors (Lipinski definition) is 8. The largest absolute Gasteiger partial charge is 0.383 e. The molecule has 0 radical (unpaired) electrons. The lowest BCUT2D eigenvalue weighted by Gasteiger charge is -2.19. The van der Waals surface area contributed by atoms with Gasteiger partial charge in [0, 0.05) is 37.9 Å². The van der Waals surface area contributed by atoms with Crippen molar-refractivity contribution in [1.29, 1.82) is 0 Å². The highest BCUT2D eigenvalue weighted by molar-refractivity contribution is 7.22. The maximum absolute atomic E-state index is 12.9. The first kappa shape index (κ1) is 19.2. The van der Waals surface area contributed by atoms with Crippen LogP contribution in [0.15, 0.2) is 53.3 Å². The highest BCUT2D eigenvalue weighted by Gasteiger charge is 2.20. The Morgan fingerprint density at radius 2 is 2.10 bits per heavy atom. The van der Waals surface area contributed by atoms with Gasteiger partial charge in [0.05, 0.1) is 23.4 Å². The van der Waals surface area contributed by atoms with Gasteiger partial charge in [0.15, 0.2) is 5.13 Å². The number of fused-ring (bicyclic) bond motifs is 1. The summed E-state index contributed by atoms with van der Waals surface area (Å²) in [6.07, 6.45) is 3.92. The van der Waals surface area contributed by atoms with Crippen LogP contribution in [-0.4, -0.2) is 46.3 Å². The molecule has 0 spiro atoms. The van der Waals surface area contributed by atoms with Crippen molar-refractivity contribution in [3.63, 3.8) is 0 Å². The molecular weight excluding hydrogens is 390 g/mol. The van der Waals surface area contributed by atoms with Crippen LogP contribution >= 0.6 is 11.3 Å². The number of methoxy groups -OCH3 is 1. The Bertz CT molecular complexity index is 1060. The second kappa shape index (κ2) is 8.89. The molecule has 0 atom stereocenters. The molecule has 4 rings (SSSR count). The van der Waals surface area contributed by atoms with E-state index in [1.807, 2.05) is 30.3 Å². The van der Waals surface area contributed by atoms with Gasteiger partial charge < -0.3 is 9.26 Å². The van der Waals surface area contributed by atoms with E-state index in [0.717, 1.165) is 15.8 Å². The lowest BCUT2D eigenvalue weighted by Crippen LogP contribution is -2.34. The first-order chi connectivity index (χ1) is 14.2. The summed E-state index contributed by atoms with van der Waals surface area (Å²) in [4.78, 5) is 27.6. The molecule has 0 aliphatic carbocycles. The van der Waals surface area contributed by atoms with E-state index >= 15 is 0 Å². The number of thiazole rings is 1. The van der Waals surface area contributed by atoms with E-state index < -0.39 is 0 Å². The highest BCUT2D eigenvalue weighted by atomic mass is 32.1. The zero-order chi connectivity index (χ0) is 20.1. The third-order valence-electron chi connectivity index (χ3n) is 4.27. The molecule has 0 bridgehead atoms. The summed E-state index contributed by atoms with van der Waals surface area (Å²) in [5.41, 5.74) is 1.64. The van der Waals surface area contributed by atoms with Gasteiger partial charge in [-0.1, -0.05) is 28.6 Å². The number of anilines is 1. The number of pyridine rings is 1. The fourth-order valence-electron chi connectivity index (χ4n) is 2.80. The molecule has 0 saturated heterocycles. The van der Waals surface area contributed by atoms with Gasteiger partial charge in [-0.2, -0.15) is 4.98 Å². The summed E-state index contributed by atoms with van der Waals surface area (Å²) >= 11 is 1.49. The molecular formula is C20H19N5O3S. The minimum Gasteiger partial charge on any atom is -0.383 e. The van der Waals surface area contributed by atoms with Crippen LogP contribution in [0.3, 0.4) is 0 Å². The topological polar surface area (TPSA) is 94.2 Å². The smallest absolute Gasteiger partial charge is 0.229 e. The Morgan fingerprint density at radius 3 is 2.90 bits per heavy atom. The molecule has 0 saturated carbocycles. The Hall–Kier alpha value is -3.17. The summed E-state index contributed by atoms with van der Waals surface area (Å²) in [6.45, 7) is 0.854. The van der Waals surface area contributed by atoms with E-state index in [9.17, 15) is 4.79 Å². The normalized spacial score (nSPS) is 11.1. The predicted octanol–water partition coefficient (Wildman–Crippen LogP) is 3.35. The maximum Gasteiger partial charge on any atom is 0.229 e. The zero-order valence-corrected chi connectivity index (χ0v) is 16.6. The third kappa shape index (κ3) is 4.47. The fraction of sp³-hybridized carbons (Fsp3) is 0.250. The molecule has 148 valence electrons. The minimum absolute atomic E-state index is 0.0674. The van der Waals surface area contributed by atoms with Crippen LogP contribution in [0.25, 0.3) is 21.6 Å². The molecule has 0 N–H and O–H groups in total. The number of aryl methyl sites for hydroxylation is 1. The summed E-state index contributed by atoms with van der Waals surface area (Å²) in [5, 5.41) is 4.63. The SMILES string of the molecule is COCCN(C(=O)CCc1nc(-c2cccnc2)no1)c1nc2ccccc2s1. The summed E-state index contributed by atoms with van der Waals surface area (Å²) in [7, 11) is 1.61. The Balaban J connectivity index is 1.46. The quantitative estimate of drug-likeness (QED) is 0.440. The fourth-order valence-corrected chi connectivity index (χ4v) is 3.81. The molecule has 0 unspecified atom stereocenters. The molecule has 4 aromatic rings. The van der Waals surface area contributed by atoms with Gasteiger partial charge in [-0.25, -0.2) is 4.98 Å². The standard InChI is InChI=1S/C20H19N5O3S/c1-27-12-11-25(20-22-15-6-2-3-7-16(15)29-20)18(26)9-8-17-23-19(24-28-17)14-5-4-10-21-13-14/h2-7,10,13H,8-9,11-12H2,1H3. The van der Waals surface area contributed by atoms with Crippen LogP contribution in [0.1, 0.15) is 12.3 Å². The lowest BCUT2D eigenvalue weighted by atomic mass is 10.2. The molecule has 0 fully saturated rings. The van der Waals surface area contributed by atoms with E-state index in [1.165, 1.54) is 11.3 Å². The van der Waals surface area contributed by atoms with Crippen LogP contribution in [0, 0.1) is 0 Å². The van der Waals surface area contributed by atoms with E-state index in [-0.39, 0.29) is 12.3 Å². The number of aromatic nitrogens is 4.